The summed E-state index contributed by atoms with van der Waals surface area (Å²) in [5.41, 5.74) is 4.48. The summed E-state index contributed by atoms with van der Waals surface area (Å²) in [6.07, 6.45) is 1.63. The van der Waals surface area contributed by atoms with Gasteiger partial charge in [0.25, 0.3) is 11.8 Å². The molecule has 0 aliphatic rings. The minimum atomic E-state index is -0.305. The molecule has 2 aromatic carbocycles. The van der Waals surface area contributed by atoms with Gasteiger partial charge in [-0.15, -0.1) is 0 Å². The number of para-hydroxylation sites is 1. The number of nitrogens with one attached hydrogen (secondary N) is 1. The van der Waals surface area contributed by atoms with E-state index in [0.717, 1.165) is 16.8 Å². The van der Waals surface area contributed by atoms with Crippen molar-refractivity contribution in [1.82, 2.24) is 14.9 Å². The molecule has 1 heterocycles. The number of amides is 2. The van der Waals surface area contributed by atoms with Crippen LogP contribution in [0.4, 0.5) is 5.69 Å². The lowest BCUT2D eigenvalue weighted by molar-refractivity contribution is 0.0827. The van der Waals surface area contributed by atoms with Crippen molar-refractivity contribution < 1.29 is 9.59 Å². The fourth-order valence-electron chi connectivity index (χ4n) is 2.74. The molecule has 0 spiro atoms. The minimum Gasteiger partial charge on any atom is -0.345 e. The van der Waals surface area contributed by atoms with Crippen molar-refractivity contribution in [2.45, 2.75) is 13.8 Å². The van der Waals surface area contributed by atoms with E-state index in [9.17, 15) is 9.59 Å². The molecule has 1 aromatic heterocycles. The van der Waals surface area contributed by atoms with E-state index in [-0.39, 0.29) is 17.5 Å². The number of rotatable bonds is 4. The van der Waals surface area contributed by atoms with Crippen LogP contribution in [0.25, 0.3) is 11.3 Å². The molecule has 0 saturated heterocycles. The number of carbonyl (C=O) groups is 2. The van der Waals surface area contributed by atoms with Crippen molar-refractivity contribution >= 4 is 17.5 Å². The molecule has 0 radical (unpaired) electrons. The molecule has 6 heteroatoms. The molecule has 0 aliphatic carbocycles. The molecule has 3 aromatic rings. The van der Waals surface area contributed by atoms with Crippen molar-refractivity contribution in [3.8, 4) is 11.3 Å². The highest BCUT2D eigenvalue weighted by Crippen LogP contribution is 2.20. The molecule has 0 unspecified atom stereocenters. The predicted octanol–water partition coefficient (Wildman–Crippen LogP) is 3.71. The topological polar surface area (TPSA) is 75.2 Å². The quantitative estimate of drug-likeness (QED) is 0.755. The molecule has 142 valence electrons. The van der Waals surface area contributed by atoms with Crippen LogP contribution in [0, 0.1) is 13.8 Å². The molecular formula is C22H22N4O2. The number of hydrogen-bond donors (Lipinski definition) is 1. The number of benzene rings is 2. The Bertz CT molecular complexity index is 1030. The first kappa shape index (κ1) is 19.2. The summed E-state index contributed by atoms with van der Waals surface area (Å²) in [5, 5.41) is 2.89. The number of nitrogens with zero attached hydrogens (tertiary/aromatic N) is 3. The maximum atomic E-state index is 12.7. The number of anilines is 1. The Labute approximate surface area is 164 Å². The normalized spacial score (nSPS) is 10.4. The summed E-state index contributed by atoms with van der Waals surface area (Å²) in [7, 11) is 3.42. The molecule has 0 saturated carbocycles. The molecular weight excluding hydrogens is 352 g/mol. The van der Waals surface area contributed by atoms with E-state index in [4.69, 9.17) is 0 Å². The van der Waals surface area contributed by atoms with Crippen LogP contribution in [0.3, 0.4) is 0 Å². The van der Waals surface area contributed by atoms with Crippen LogP contribution in [0.5, 0.6) is 0 Å². The zero-order valence-electron chi connectivity index (χ0n) is 16.4. The van der Waals surface area contributed by atoms with E-state index >= 15 is 0 Å². The van der Waals surface area contributed by atoms with Crippen molar-refractivity contribution in [2.24, 2.45) is 0 Å². The lowest BCUT2D eigenvalue weighted by Crippen LogP contribution is -2.21. The first-order valence-corrected chi connectivity index (χ1v) is 8.89. The lowest BCUT2D eigenvalue weighted by atomic mass is 10.1. The summed E-state index contributed by atoms with van der Waals surface area (Å²) in [5.74, 6) is -0.375. The third kappa shape index (κ3) is 4.06. The first-order valence-electron chi connectivity index (χ1n) is 8.89. The Hall–Kier alpha value is -3.54. The molecule has 0 fully saturated rings. The fraction of sp³-hybridized carbons (Fsp3) is 0.182. The summed E-state index contributed by atoms with van der Waals surface area (Å²) in [4.78, 5) is 35.1. The Balaban J connectivity index is 1.88. The molecule has 2 amide bonds. The molecule has 0 bridgehead atoms. The fourth-order valence-corrected chi connectivity index (χ4v) is 2.74. The third-order valence-electron chi connectivity index (χ3n) is 4.40. The zero-order chi connectivity index (χ0) is 20.3. The van der Waals surface area contributed by atoms with Gasteiger partial charge < -0.3 is 10.2 Å². The standard InChI is InChI=1S/C22H22N4O2/c1-14-7-5-6-8-18(14)25-21(27)20-15(2)23-13-19(24-20)16-9-11-17(12-10-16)22(28)26(3)4/h5-13H,1-4H3,(H,25,27). The van der Waals surface area contributed by atoms with Crippen molar-refractivity contribution in [3.63, 3.8) is 0 Å². The predicted molar refractivity (Wildman–Crippen MR) is 109 cm³/mol. The Morgan fingerprint density at radius 2 is 1.64 bits per heavy atom. The lowest BCUT2D eigenvalue weighted by Gasteiger charge is -2.11. The van der Waals surface area contributed by atoms with Crippen molar-refractivity contribution in [2.75, 3.05) is 19.4 Å². The third-order valence-corrected chi connectivity index (χ3v) is 4.40. The second kappa shape index (κ2) is 8.00. The molecule has 3 rings (SSSR count). The Kier molecular flexibility index (Phi) is 5.49. The van der Waals surface area contributed by atoms with Gasteiger partial charge >= 0.3 is 0 Å². The number of hydrogen-bond acceptors (Lipinski definition) is 4. The van der Waals surface area contributed by atoms with Gasteiger partial charge in [-0.3, -0.25) is 14.6 Å². The van der Waals surface area contributed by atoms with Gasteiger partial charge in [0, 0.05) is 30.9 Å². The highest BCUT2D eigenvalue weighted by molar-refractivity contribution is 6.04. The highest BCUT2D eigenvalue weighted by atomic mass is 16.2. The smallest absolute Gasteiger partial charge is 0.276 e. The molecule has 1 N–H and O–H groups in total. The van der Waals surface area contributed by atoms with Gasteiger partial charge in [0.2, 0.25) is 0 Å². The zero-order valence-corrected chi connectivity index (χ0v) is 16.4. The SMILES string of the molecule is Cc1ccccc1NC(=O)c1nc(-c2ccc(C(=O)N(C)C)cc2)cnc1C. The average Bonchev–Trinajstić information content (AvgIpc) is 2.69. The van der Waals surface area contributed by atoms with Crippen molar-refractivity contribution in [1.29, 1.82) is 0 Å². The molecule has 0 aliphatic heterocycles. The van der Waals surface area contributed by atoms with E-state index in [1.54, 1.807) is 51.5 Å². The molecule has 28 heavy (non-hydrogen) atoms. The van der Waals surface area contributed by atoms with Crippen LogP contribution in [0.1, 0.15) is 32.1 Å². The summed E-state index contributed by atoms with van der Waals surface area (Å²) in [6, 6.07) is 14.7. The van der Waals surface area contributed by atoms with E-state index in [1.165, 1.54) is 4.90 Å². The number of carbonyl (C=O) groups excluding carboxylic acids is 2. The van der Waals surface area contributed by atoms with Crippen LogP contribution in [0.2, 0.25) is 0 Å². The van der Waals surface area contributed by atoms with Gasteiger partial charge in [0.1, 0.15) is 5.69 Å². The van der Waals surface area contributed by atoms with Gasteiger partial charge in [-0.25, -0.2) is 4.98 Å². The molecule has 0 atom stereocenters. The highest BCUT2D eigenvalue weighted by Gasteiger charge is 2.15. The van der Waals surface area contributed by atoms with Gasteiger partial charge in [-0.1, -0.05) is 30.3 Å². The number of aromatic nitrogens is 2. The van der Waals surface area contributed by atoms with E-state index < -0.39 is 0 Å². The summed E-state index contributed by atoms with van der Waals surface area (Å²) in [6.45, 7) is 3.68. The van der Waals surface area contributed by atoms with Gasteiger partial charge in [0.15, 0.2) is 0 Å². The monoisotopic (exact) mass is 374 g/mol. The minimum absolute atomic E-state index is 0.0696. The van der Waals surface area contributed by atoms with Gasteiger partial charge in [-0.05, 0) is 37.6 Å². The average molecular weight is 374 g/mol. The molecule has 6 nitrogen and oxygen atoms in total. The second-order valence-corrected chi connectivity index (χ2v) is 6.74. The van der Waals surface area contributed by atoms with E-state index in [1.807, 2.05) is 31.2 Å². The van der Waals surface area contributed by atoms with Crippen LogP contribution >= 0.6 is 0 Å². The van der Waals surface area contributed by atoms with E-state index in [0.29, 0.717) is 17.0 Å². The maximum Gasteiger partial charge on any atom is 0.276 e. The Morgan fingerprint density at radius 3 is 2.29 bits per heavy atom. The van der Waals surface area contributed by atoms with Crippen molar-refractivity contribution in [3.05, 3.63) is 77.2 Å². The van der Waals surface area contributed by atoms with Crippen LogP contribution < -0.4 is 5.32 Å². The number of aryl methyl sites for hydroxylation is 2. The second-order valence-electron chi connectivity index (χ2n) is 6.74. The van der Waals surface area contributed by atoms with E-state index in [2.05, 4.69) is 15.3 Å². The summed E-state index contributed by atoms with van der Waals surface area (Å²) >= 11 is 0. The summed E-state index contributed by atoms with van der Waals surface area (Å²) < 4.78 is 0. The van der Waals surface area contributed by atoms with Crippen LogP contribution in [-0.4, -0.2) is 40.8 Å². The largest absolute Gasteiger partial charge is 0.345 e. The maximum absolute atomic E-state index is 12.7. The van der Waals surface area contributed by atoms with Crippen LogP contribution in [0.15, 0.2) is 54.7 Å². The van der Waals surface area contributed by atoms with Gasteiger partial charge in [0.05, 0.1) is 17.6 Å². The van der Waals surface area contributed by atoms with Gasteiger partial charge in [-0.2, -0.15) is 0 Å². The van der Waals surface area contributed by atoms with Crippen LogP contribution in [-0.2, 0) is 0 Å². The first-order chi connectivity index (χ1) is 13.4. The Morgan fingerprint density at radius 1 is 0.964 bits per heavy atom.